The van der Waals surface area contributed by atoms with Gasteiger partial charge in [-0.15, -0.1) is 0 Å². The van der Waals surface area contributed by atoms with Crippen LogP contribution >= 0.6 is 0 Å². The second-order valence-electron chi connectivity index (χ2n) is 5.68. The Morgan fingerprint density at radius 1 is 1.11 bits per heavy atom. The normalized spacial score (nSPS) is 19.8. The van der Waals surface area contributed by atoms with E-state index in [-0.39, 0.29) is 11.9 Å². The van der Waals surface area contributed by atoms with Gasteiger partial charge in [-0.3, -0.25) is 4.79 Å². The van der Waals surface area contributed by atoms with Gasteiger partial charge in [0.2, 0.25) is 5.91 Å². The van der Waals surface area contributed by atoms with Crippen LogP contribution in [0, 0.1) is 0 Å². The Balaban J connectivity index is 1.61. The SMILES string of the molecule is CC(=O)N(CCNC(=O)NC1CCCCC1)C1CC1. The summed E-state index contributed by atoms with van der Waals surface area (Å²) in [6.07, 6.45) is 8.11. The highest BCUT2D eigenvalue weighted by Gasteiger charge is 2.30. The maximum Gasteiger partial charge on any atom is 0.315 e. The van der Waals surface area contributed by atoms with E-state index >= 15 is 0 Å². The first kappa shape index (κ1) is 14.2. The Morgan fingerprint density at radius 2 is 1.79 bits per heavy atom. The lowest BCUT2D eigenvalue weighted by atomic mass is 9.96. The zero-order chi connectivity index (χ0) is 13.7. The van der Waals surface area contributed by atoms with Crippen molar-refractivity contribution in [3.8, 4) is 0 Å². The van der Waals surface area contributed by atoms with Gasteiger partial charge in [0.1, 0.15) is 0 Å². The first-order valence-corrected chi connectivity index (χ1v) is 7.48. The van der Waals surface area contributed by atoms with E-state index in [1.807, 2.05) is 4.90 Å². The number of rotatable bonds is 5. The maximum absolute atomic E-state index is 11.7. The summed E-state index contributed by atoms with van der Waals surface area (Å²) in [5.74, 6) is 0.108. The third-order valence-corrected chi connectivity index (χ3v) is 3.97. The van der Waals surface area contributed by atoms with E-state index in [2.05, 4.69) is 10.6 Å². The standard InChI is InChI=1S/C14H25N3O2/c1-11(18)17(13-7-8-13)10-9-15-14(19)16-12-5-3-2-4-6-12/h12-13H,2-10H2,1H3,(H2,15,16,19). The zero-order valence-electron chi connectivity index (χ0n) is 11.8. The zero-order valence-corrected chi connectivity index (χ0v) is 11.8. The van der Waals surface area contributed by atoms with E-state index in [0.717, 1.165) is 25.7 Å². The molecule has 2 fully saturated rings. The topological polar surface area (TPSA) is 61.4 Å². The Bertz CT molecular complexity index is 323. The molecule has 2 aliphatic rings. The first-order valence-electron chi connectivity index (χ1n) is 7.48. The van der Waals surface area contributed by atoms with Crippen LogP contribution in [-0.2, 0) is 4.79 Å². The van der Waals surface area contributed by atoms with Gasteiger partial charge in [0, 0.05) is 32.1 Å². The third-order valence-electron chi connectivity index (χ3n) is 3.97. The van der Waals surface area contributed by atoms with E-state index < -0.39 is 0 Å². The molecule has 0 heterocycles. The summed E-state index contributed by atoms with van der Waals surface area (Å²) in [7, 11) is 0. The third kappa shape index (κ3) is 4.73. The highest BCUT2D eigenvalue weighted by Crippen LogP contribution is 2.26. The van der Waals surface area contributed by atoms with Gasteiger partial charge in [0.05, 0.1) is 0 Å². The van der Waals surface area contributed by atoms with Crippen molar-refractivity contribution in [2.75, 3.05) is 13.1 Å². The second kappa shape index (κ2) is 6.78. The predicted octanol–water partition coefficient (Wildman–Crippen LogP) is 1.63. The molecule has 108 valence electrons. The van der Waals surface area contributed by atoms with Gasteiger partial charge in [0.25, 0.3) is 0 Å². The molecule has 0 unspecified atom stereocenters. The molecule has 0 saturated heterocycles. The number of nitrogens with one attached hydrogen (secondary N) is 2. The molecule has 2 saturated carbocycles. The Kier molecular flexibility index (Phi) is 5.05. The summed E-state index contributed by atoms with van der Waals surface area (Å²) in [6, 6.07) is 0.660. The molecule has 0 spiro atoms. The summed E-state index contributed by atoms with van der Waals surface area (Å²) in [4.78, 5) is 25.0. The van der Waals surface area contributed by atoms with Gasteiger partial charge in [-0.25, -0.2) is 4.79 Å². The van der Waals surface area contributed by atoms with Crippen molar-refractivity contribution < 1.29 is 9.59 Å². The lowest BCUT2D eigenvalue weighted by Crippen LogP contribution is -2.46. The number of amides is 3. The van der Waals surface area contributed by atoms with Crippen LogP contribution in [-0.4, -0.2) is 42.0 Å². The van der Waals surface area contributed by atoms with Gasteiger partial charge in [-0.05, 0) is 25.7 Å². The minimum atomic E-state index is -0.0915. The Morgan fingerprint density at radius 3 is 2.37 bits per heavy atom. The van der Waals surface area contributed by atoms with Crippen LogP contribution in [0.1, 0.15) is 51.9 Å². The molecule has 0 bridgehead atoms. The van der Waals surface area contributed by atoms with Crippen molar-refractivity contribution >= 4 is 11.9 Å². The number of urea groups is 1. The van der Waals surface area contributed by atoms with Gasteiger partial charge in [-0.1, -0.05) is 19.3 Å². The van der Waals surface area contributed by atoms with Crippen LogP contribution < -0.4 is 10.6 Å². The smallest absolute Gasteiger partial charge is 0.315 e. The summed E-state index contributed by atoms with van der Waals surface area (Å²) < 4.78 is 0. The number of hydrogen-bond donors (Lipinski definition) is 2. The van der Waals surface area contributed by atoms with Gasteiger partial charge >= 0.3 is 6.03 Å². The minimum Gasteiger partial charge on any atom is -0.338 e. The van der Waals surface area contributed by atoms with Gasteiger partial charge in [-0.2, -0.15) is 0 Å². The van der Waals surface area contributed by atoms with Crippen molar-refractivity contribution in [2.45, 2.75) is 64.0 Å². The number of hydrogen-bond acceptors (Lipinski definition) is 2. The molecule has 5 nitrogen and oxygen atoms in total. The summed E-state index contributed by atoms with van der Waals surface area (Å²) in [6.45, 7) is 2.76. The molecular formula is C14H25N3O2. The Labute approximate surface area is 115 Å². The van der Waals surface area contributed by atoms with Crippen molar-refractivity contribution in [2.24, 2.45) is 0 Å². The second-order valence-corrected chi connectivity index (χ2v) is 5.68. The quantitative estimate of drug-likeness (QED) is 0.795. The average molecular weight is 267 g/mol. The predicted molar refractivity (Wildman–Crippen MR) is 73.8 cm³/mol. The van der Waals surface area contributed by atoms with Crippen molar-refractivity contribution in [3.63, 3.8) is 0 Å². The average Bonchev–Trinajstić information content (AvgIpc) is 3.19. The molecule has 0 aromatic heterocycles. The summed E-state index contributed by atoms with van der Waals surface area (Å²) in [5.41, 5.74) is 0. The van der Waals surface area contributed by atoms with E-state index in [4.69, 9.17) is 0 Å². The fourth-order valence-corrected chi connectivity index (χ4v) is 2.76. The highest BCUT2D eigenvalue weighted by atomic mass is 16.2. The van der Waals surface area contributed by atoms with Crippen molar-refractivity contribution in [1.29, 1.82) is 0 Å². The number of carbonyl (C=O) groups excluding carboxylic acids is 2. The van der Waals surface area contributed by atoms with Crippen LogP contribution in [0.5, 0.6) is 0 Å². The van der Waals surface area contributed by atoms with Crippen LogP contribution in [0.2, 0.25) is 0 Å². The molecule has 2 aliphatic carbocycles. The minimum absolute atomic E-state index is 0.0915. The van der Waals surface area contributed by atoms with E-state index in [1.54, 1.807) is 6.92 Å². The van der Waals surface area contributed by atoms with Crippen LogP contribution in [0.4, 0.5) is 4.79 Å². The molecule has 2 N–H and O–H groups in total. The largest absolute Gasteiger partial charge is 0.338 e. The van der Waals surface area contributed by atoms with Gasteiger partial charge in [0.15, 0.2) is 0 Å². The molecule has 0 aromatic carbocycles. The van der Waals surface area contributed by atoms with Crippen LogP contribution in [0.25, 0.3) is 0 Å². The maximum atomic E-state index is 11.7. The molecular weight excluding hydrogens is 242 g/mol. The molecule has 0 aliphatic heterocycles. The van der Waals surface area contributed by atoms with Crippen LogP contribution in [0.3, 0.4) is 0 Å². The first-order chi connectivity index (χ1) is 9.16. The van der Waals surface area contributed by atoms with Crippen molar-refractivity contribution in [3.05, 3.63) is 0 Å². The molecule has 5 heteroatoms. The van der Waals surface area contributed by atoms with E-state index in [1.165, 1.54) is 19.3 Å². The number of nitrogens with zero attached hydrogens (tertiary/aromatic N) is 1. The molecule has 3 amide bonds. The van der Waals surface area contributed by atoms with E-state index in [0.29, 0.717) is 25.2 Å². The van der Waals surface area contributed by atoms with E-state index in [9.17, 15) is 9.59 Å². The molecule has 0 aromatic rings. The van der Waals surface area contributed by atoms with Crippen LogP contribution in [0.15, 0.2) is 0 Å². The fourth-order valence-electron chi connectivity index (χ4n) is 2.76. The monoisotopic (exact) mass is 267 g/mol. The lowest BCUT2D eigenvalue weighted by Gasteiger charge is -2.24. The number of carbonyl (C=O) groups is 2. The Hall–Kier alpha value is -1.26. The molecule has 2 rings (SSSR count). The summed E-state index contributed by atoms with van der Waals surface area (Å²) >= 11 is 0. The van der Waals surface area contributed by atoms with Crippen molar-refractivity contribution in [1.82, 2.24) is 15.5 Å². The highest BCUT2D eigenvalue weighted by molar-refractivity contribution is 5.75. The van der Waals surface area contributed by atoms with Gasteiger partial charge < -0.3 is 15.5 Å². The molecule has 19 heavy (non-hydrogen) atoms. The summed E-state index contributed by atoms with van der Waals surface area (Å²) in [5, 5.41) is 5.87. The lowest BCUT2D eigenvalue weighted by molar-refractivity contribution is -0.129. The molecule has 0 atom stereocenters. The molecule has 0 radical (unpaired) electrons. The fraction of sp³-hybridized carbons (Fsp3) is 0.857.